The van der Waals surface area contributed by atoms with Crippen LogP contribution in [0.3, 0.4) is 0 Å². The molecule has 0 fully saturated rings. The Morgan fingerprint density at radius 1 is 0.902 bits per heavy atom. The first-order chi connectivity index (χ1) is 23.5. The second kappa shape index (κ2) is 17.3. The van der Waals surface area contributed by atoms with E-state index in [0.717, 1.165) is 43.4 Å². The number of allylic oxidation sites excluding steroid dienone is 2. The summed E-state index contributed by atoms with van der Waals surface area (Å²) in [6.07, 6.45) is 8.01. The number of aliphatic hydroxyl groups is 1. The molecule has 277 valence electrons. The smallest absolute Gasteiger partial charge is 0.162 e. The number of pyridine rings is 1. The van der Waals surface area contributed by atoms with E-state index in [2.05, 4.69) is 110 Å². The maximum atomic E-state index is 11.7. The van der Waals surface area contributed by atoms with Gasteiger partial charge in [-0.3, -0.25) is 9.78 Å². The first-order valence-corrected chi connectivity index (χ1v) is 22.0. The Labute approximate surface area is 324 Å². The van der Waals surface area contributed by atoms with E-state index >= 15 is 0 Å². The van der Waals surface area contributed by atoms with Gasteiger partial charge in [0, 0.05) is 49.9 Å². The zero-order chi connectivity index (χ0) is 37.1. The fraction of sp³-hybridized carbons (Fsp3) is 0.478. The fourth-order valence-corrected chi connectivity index (χ4v) is 11.3. The van der Waals surface area contributed by atoms with E-state index in [-0.39, 0.29) is 48.9 Å². The maximum absolute atomic E-state index is 11.7. The number of hydrogen-bond acceptors (Lipinski definition) is 3. The molecule has 4 aromatic rings. The fourth-order valence-electron chi connectivity index (χ4n) is 7.94. The van der Waals surface area contributed by atoms with Crippen LogP contribution in [-0.2, 0) is 31.3 Å². The SMILES string of the molecule is CCC(CC)C(=O)/C=C(\O)C(CC)CC.Cc1cc(C)c2c(C(C)C)cc(-c3nccc4c3[Si](C)(C)c3cc(CC(C)(C)C)ccc3-4)[c-]c2c1.[Ir]. The van der Waals surface area contributed by atoms with Crippen LogP contribution in [0.15, 0.2) is 60.5 Å². The molecule has 0 bridgehead atoms. The largest absolute Gasteiger partial charge is 0.512 e. The Hall–Kier alpha value is -2.85. The average Bonchev–Trinajstić information content (AvgIpc) is 3.26. The molecule has 0 amide bonds. The minimum Gasteiger partial charge on any atom is -0.512 e. The molecule has 2 heterocycles. The molecule has 5 rings (SSSR count). The molecule has 3 aromatic carbocycles. The zero-order valence-corrected chi connectivity index (χ0v) is 37.0. The minimum atomic E-state index is -1.93. The van der Waals surface area contributed by atoms with Crippen LogP contribution in [-0.4, -0.2) is 23.9 Å². The normalized spacial score (nSPS) is 13.6. The number of nitrogens with zero attached hydrogens (tertiary/aromatic N) is 1. The van der Waals surface area contributed by atoms with Crippen molar-refractivity contribution in [2.45, 2.75) is 127 Å². The second-order valence-corrected chi connectivity index (χ2v) is 20.9. The van der Waals surface area contributed by atoms with E-state index in [4.69, 9.17) is 4.98 Å². The monoisotopic (exact) mass is 881 g/mol. The molecule has 1 radical (unpaired) electrons. The number of carbonyl (C=O) groups excluding carboxylic acids is 1. The summed E-state index contributed by atoms with van der Waals surface area (Å²) in [4.78, 5) is 16.8. The van der Waals surface area contributed by atoms with Gasteiger partial charge in [-0.2, -0.15) is 0 Å². The molecule has 0 saturated heterocycles. The predicted molar refractivity (Wildman–Crippen MR) is 219 cm³/mol. The van der Waals surface area contributed by atoms with Crippen LogP contribution < -0.4 is 10.4 Å². The molecule has 1 aliphatic rings. The van der Waals surface area contributed by atoms with Crippen molar-refractivity contribution in [3.63, 3.8) is 0 Å². The van der Waals surface area contributed by atoms with Crippen molar-refractivity contribution >= 4 is 35.0 Å². The number of rotatable bonds is 10. The minimum absolute atomic E-state index is 0. The van der Waals surface area contributed by atoms with Crippen molar-refractivity contribution in [1.29, 1.82) is 0 Å². The summed E-state index contributed by atoms with van der Waals surface area (Å²) in [5.41, 5.74) is 10.8. The summed E-state index contributed by atoms with van der Waals surface area (Å²) < 4.78 is 0. The van der Waals surface area contributed by atoms with Crippen molar-refractivity contribution in [3.05, 3.63) is 88.8 Å². The number of aryl methyl sites for hydroxylation is 2. The molecule has 0 aliphatic carbocycles. The number of hydrogen-bond donors (Lipinski definition) is 1. The summed E-state index contributed by atoms with van der Waals surface area (Å²) in [7, 11) is -1.93. The van der Waals surface area contributed by atoms with Crippen molar-refractivity contribution in [2.75, 3.05) is 0 Å². The number of aromatic nitrogens is 1. The van der Waals surface area contributed by atoms with E-state index in [1.807, 2.05) is 33.9 Å². The topological polar surface area (TPSA) is 50.2 Å². The van der Waals surface area contributed by atoms with Crippen LogP contribution in [0.1, 0.15) is 116 Å². The third-order valence-corrected chi connectivity index (χ3v) is 14.2. The van der Waals surface area contributed by atoms with E-state index in [1.54, 1.807) is 5.19 Å². The Morgan fingerprint density at radius 2 is 1.53 bits per heavy atom. The van der Waals surface area contributed by atoms with Crippen LogP contribution in [0, 0.1) is 37.2 Å². The van der Waals surface area contributed by atoms with Gasteiger partial charge in [0.1, 0.15) is 8.07 Å². The van der Waals surface area contributed by atoms with E-state index in [0.29, 0.717) is 5.92 Å². The number of carbonyl (C=O) groups is 1. The summed E-state index contributed by atoms with van der Waals surface area (Å²) in [5, 5.41) is 15.4. The van der Waals surface area contributed by atoms with Crippen molar-refractivity contribution < 1.29 is 30.0 Å². The molecular weight excluding hydrogens is 819 g/mol. The van der Waals surface area contributed by atoms with Crippen LogP contribution in [0.2, 0.25) is 13.1 Å². The third-order valence-electron chi connectivity index (χ3n) is 10.7. The summed E-state index contributed by atoms with van der Waals surface area (Å²) in [6, 6.07) is 20.2. The predicted octanol–water partition coefficient (Wildman–Crippen LogP) is 11.7. The van der Waals surface area contributed by atoms with Gasteiger partial charge < -0.3 is 5.11 Å². The first-order valence-electron chi connectivity index (χ1n) is 19.0. The summed E-state index contributed by atoms with van der Waals surface area (Å²) in [5.74, 6) is 0.984. The molecule has 1 N–H and O–H groups in total. The van der Waals surface area contributed by atoms with Gasteiger partial charge in [-0.05, 0) is 85.2 Å². The molecule has 0 spiro atoms. The Balaban J connectivity index is 0.000000374. The number of ketones is 1. The van der Waals surface area contributed by atoms with Crippen LogP contribution in [0.4, 0.5) is 0 Å². The molecule has 1 aromatic heterocycles. The van der Waals surface area contributed by atoms with Gasteiger partial charge >= 0.3 is 0 Å². The number of fused-ring (bicyclic) bond motifs is 4. The molecule has 5 heteroatoms. The summed E-state index contributed by atoms with van der Waals surface area (Å²) in [6.45, 7) is 29.1. The zero-order valence-electron chi connectivity index (χ0n) is 33.6. The van der Waals surface area contributed by atoms with Gasteiger partial charge in [0.15, 0.2) is 5.78 Å². The Morgan fingerprint density at radius 3 is 2.10 bits per heavy atom. The van der Waals surface area contributed by atoms with Crippen LogP contribution >= 0.6 is 0 Å². The van der Waals surface area contributed by atoms with E-state index < -0.39 is 8.07 Å². The third kappa shape index (κ3) is 9.39. The first kappa shape index (κ1) is 42.6. The van der Waals surface area contributed by atoms with Gasteiger partial charge in [0.25, 0.3) is 0 Å². The molecule has 0 atom stereocenters. The number of benzene rings is 3. The average molecular weight is 881 g/mol. The quantitative estimate of drug-likeness (QED) is 0.0747. The van der Waals surface area contributed by atoms with Gasteiger partial charge in [0.2, 0.25) is 0 Å². The molecular formula is C46H62IrNO2Si-. The van der Waals surface area contributed by atoms with Gasteiger partial charge in [-0.25, -0.2) is 0 Å². The Bertz CT molecular complexity index is 1870. The van der Waals surface area contributed by atoms with Crippen molar-refractivity contribution in [3.8, 4) is 22.4 Å². The molecule has 0 saturated carbocycles. The standard InChI is InChI=1S/C33H38NSi.C13H24O2.Ir/c1-20(2)28-18-25(17-24-15-21(3)14-22(4)30(24)28)31-32-27(12-13-34-31)26-11-10-23(19-33(5,6)7)16-29(26)35(32,8)9;1-5-10(6-2)12(14)9-13(15)11(7-3)8-4;/h10-16,18,20H,19H2,1-9H3;9-11,14H,5-8H2,1-4H3;/q-1;;/b;12-9-;. The summed E-state index contributed by atoms with van der Waals surface area (Å²) >= 11 is 0. The Kier molecular flexibility index (Phi) is 14.4. The molecule has 3 nitrogen and oxygen atoms in total. The van der Waals surface area contributed by atoms with Crippen molar-refractivity contribution in [1.82, 2.24) is 4.98 Å². The van der Waals surface area contributed by atoms with Gasteiger partial charge in [-0.15, -0.1) is 29.1 Å². The second-order valence-electron chi connectivity index (χ2n) is 16.6. The van der Waals surface area contributed by atoms with Crippen LogP contribution in [0.25, 0.3) is 33.2 Å². The molecule has 0 unspecified atom stereocenters. The van der Waals surface area contributed by atoms with Crippen molar-refractivity contribution in [2.24, 2.45) is 17.3 Å². The van der Waals surface area contributed by atoms with Crippen LogP contribution in [0.5, 0.6) is 0 Å². The van der Waals surface area contributed by atoms with E-state index in [9.17, 15) is 9.90 Å². The molecule has 51 heavy (non-hydrogen) atoms. The van der Waals surface area contributed by atoms with Gasteiger partial charge in [0.05, 0.1) is 5.76 Å². The maximum Gasteiger partial charge on any atom is 0.162 e. The van der Waals surface area contributed by atoms with E-state index in [1.165, 1.54) is 55.4 Å². The number of aliphatic hydroxyl groups excluding tert-OH is 1. The van der Waals surface area contributed by atoms with Gasteiger partial charge in [-0.1, -0.05) is 127 Å². The molecule has 1 aliphatic heterocycles.